The van der Waals surface area contributed by atoms with Crippen molar-refractivity contribution in [1.82, 2.24) is 10.3 Å². The fourth-order valence-corrected chi connectivity index (χ4v) is 5.11. The number of nitrogens with zero attached hydrogens (tertiary/aromatic N) is 1. The van der Waals surface area contributed by atoms with E-state index in [1.807, 2.05) is 25.1 Å². The van der Waals surface area contributed by atoms with Crippen LogP contribution in [-0.2, 0) is 22.7 Å². The van der Waals surface area contributed by atoms with Gasteiger partial charge in [-0.25, -0.2) is 8.42 Å². The normalized spacial score (nSPS) is 13.8. The first-order chi connectivity index (χ1) is 14.0. The Labute approximate surface area is 171 Å². The SMILES string of the molecule is Cc1ccc2nc3c(c(C(=O)NCCS(=O)(=O)c4ccccc4)c2c1)CCCC3. The van der Waals surface area contributed by atoms with Crippen LogP contribution >= 0.6 is 0 Å². The van der Waals surface area contributed by atoms with Gasteiger partial charge in [-0.2, -0.15) is 0 Å². The third-order valence-corrected chi connectivity index (χ3v) is 7.13. The number of rotatable bonds is 5. The van der Waals surface area contributed by atoms with Crippen LogP contribution in [-0.4, -0.2) is 31.6 Å². The smallest absolute Gasteiger partial charge is 0.252 e. The van der Waals surface area contributed by atoms with E-state index in [0.717, 1.165) is 53.4 Å². The van der Waals surface area contributed by atoms with E-state index >= 15 is 0 Å². The van der Waals surface area contributed by atoms with Crippen LogP contribution in [0.5, 0.6) is 0 Å². The van der Waals surface area contributed by atoms with Crippen molar-refractivity contribution in [2.24, 2.45) is 0 Å². The van der Waals surface area contributed by atoms with Gasteiger partial charge in [0.25, 0.3) is 5.91 Å². The Morgan fingerprint density at radius 1 is 1.07 bits per heavy atom. The van der Waals surface area contributed by atoms with Gasteiger partial charge in [0.05, 0.1) is 21.7 Å². The van der Waals surface area contributed by atoms with E-state index in [1.54, 1.807) is 30.3 Å². The lowest BCUT2D eigenvalue weighted by atomic mass is 9.89. The molecule has 1 aliphatic carbocycles. The Hall–Kier alpha value is -2.73. The van der Waals surface area contributed by atoms with Gasteiger partial charge in [-0.1, -0.05) is 29.8 Å². The minimum Gasteiger partial charge on any atom is -0.351 e. The summed E-state index contributed by atoms with van der Waals surface area (Å²) in [6, 6.07) is 14.3. The Balaban J connectivity index is 1.61. The molecule has 6 heteroatoms. The number of aromatic nitrogens is 1. The van der Waals surface area contributed by atoms with Crippen LogP contribution in [0.15, 0.2) is 53.4 Å². The van der Waals surface area contributed by atoms with Gasteiger partial charge in [-0.05, 0) is 62.4 Å². The van der Waals surface area contributed by atoms with Gasteiger partial charge in [0.15, 0.2) is 9.84 Å². The summed E-state index contributed by atoms with van der Waals surface area (Å²) in [4.78, 5) is 18.2. The standard InChI is InChI=1S/C23H24N2O3S/c1-16-11-12-21-19(15-16)22(18-9-5-6-10-20(18)25-21)23(26)24-13-14-29(27,28)17-7-3-2-4-8-17/h2-4,7-8,11-12,15H,5-6,9-10,13-14H2,1H3,(H,24,26). The minimum absolute atomic E-state index is 0.0699. The average Bonchev–Trinajstić information content (AvgIpc) is 2.72. The summed E-state index contributed by atoms with van der Waals surface area (Å²) in [6.07, 6.45) is 3.82. The highest BCUT2D eigenvalue weighted by Gasteiger charge is 2.23. The lowest BCUT2D eigenvalue weighted by Gasteiger charge is -2.20. The van der Waals surface area contributed by atoms with Crippen molar-refractivity contribution in [2.75, 3.05) is 12.3 Å². The van der Waals surface area contributed by atoms with E-state index in [9.17, 15) is 13.2 Å². The Morgan fingerprint density at radius 2 is 1.83 bits per heavy atom. The molecule has 1 aromatic heterocycles. The topological polar surface area (TPSA) is 76.1 Å². The first kappa shape index (κ1) is 19.6. The maximum absolute atomic E-state index is 13.1. The number of hydrogen-bond acceptors (Lipinski definition) is 4. The summed E-state index contributed by atoms with van der Waals surface area (Å²) < 4.78 is 25.0. The van der Waals surface area contributed by atoms with Crippen LogP contribution in [0, 0.1) is 6.92 Å². The van der Waals surface area contributed by atoms with Crippen LogP contribution in [0.4, 0.5) is 0 Å². The molecule has 0 fully saturated rings. The summed E-state index contributed by atoms with van der Waals surface area (Å²) in [6.45, 7) is 2.06. The maximum atomic E-state index is 13.1. The summed E-state index contributed by atoms with van der Waals surface area (Å²) in [5.41, 5.74) is 4.55. The zero-order valence-corrected chi connectivity index (χ0v) is 17.3. The maximum Gasteiger partial charge on any atom is 0.252 e. The number of pyridine rings is 1. The number of carbonyl (C=O) groups excluding carboxylic acids is 1. The molecule has 1 heterocycles. The molecule has 0 aliphatic heterocycles. The zero-order valence-electron chi connectivity index (χ0n) is 16.4. The second-order valence-corrected chi connectivity index (χ2v) is 9.64. The highest BCUT2D eigenvalue weighted by Crippen LogP contribution is 2.29. The number of sulfone groups is 1. The molecule has 4 rings (SSSR count). The predicted molar refractivity (Wildman–Crippen MR) is 114 cm³/mol. The Bertz CT molecular complexity index is 1170. The molecule has 1 N–H and O–H groups in total. The van der Waals surface area contributed by atoms with Gasteiger partial charge in [0, 0.05) is 17.6 Å². The number of amides is 1. The molecule has 0 saturated carbocycles. The summed E-state index contributed by atoms with van der Waals surface area (Å²) in [7, 11) is -3.43. The van der Waals surface area contributed by atoms with Crippen LogP contribution in [0.3, 0.4) is 0 Å². The number of aryl methyl sites for hydroxylation is 2. The van der Waals surface area contributed by atoms with Crippen molar-refractivity contribution in [1.29, 1.82) is 0 Å². The van der Waals surface area contributed by atoms with Gasteiger partial charge in [0.2, 0.25) is 0 Å². The number of nitrogens with one attached hydrogen (secondary N) is 1. The van der Waals surface area contributed by atoms with Gasteiger partial charge in [-0.3, -0.25) is 9.78 Å². The van der Waals surface area contributed by atoms with Crippen LogP contribution < -0.4 is 5.32 Å². The molecule has 0 saturated heterocycles. The number of benzene rings is 2. The molecule has 1 amide bonds. The van der Waals surface area contributed by atoms with Crippen LogP contribution in [0.25, 0.3) is 10.9 Å². The van der Waals surface area contributed by atoms with E-state index in [-0.39, 0.29) is 23.1 Å². The quantitative estimate of drug-likeness (QED) is 0.699. The molecule has 150 valence electrons. The van der Waals surface area contributed by atoms with Gasteiger partial charge in [0.1, 0.15) is 0 Å². The molecule has 5 nitrogen and oxygen atoms in total. The van der Waals surface area contributed by atoms with Crippen LogP contribution in [0.1, 0.15) is 40.0 Å². The number of hydrogen-bond donors (Lipinski definition) is 1. The predicted octanol–water partition coefficient (Wildman–Crippen LogP) is 3.63. The molecule has 3 aromatic rings. The van der Waals surface area contributed by atoms with Crippen molar-refractivity contribution < 1.29 is 13.2 Å². The molecule has 1 aliphatic rings. The molecule has 29 heavy (non-hydrogen) atoms. The first-order valence-electron chi connectivity index (χ1n) is 9.94. The number of carbonyl (C=O) groups is 1. The van der Waals surface area contributed by atoms with Gasteiger partial charge >= 0.3 is 0 Å². The van der Waals surface area contributed by atoms with Crippen molar-refractivity contribution in [3.8, 4) is 0 Å². The van der Waals surface area contributed by atoms with E-state index < -0.39 is 9.84 Å². The Morgan fingerprint density at radius 3 is 2.62 bits per heavy atom. The van der Waals surface area contributed by atoms with Crippen molar-refractivity contribution in [2.45, 2.75) is 37.5 Å². The van der Waals surface area contributed by atoms with Crippen molar-refractivity contribution >= 4 is 26.6 Å². The molecule has 2 aromatic carbocycles. The van der Waals surface area contributed by atoms with E-state index in [1.165, 1.54) is 0 Å². The number of fused-ring (bicyclic) bond motifs is 2. The van der Waals surface area contributed by atoms with E-state index in [2.05, 4.69) is 5.32 Å². The van der Waals surface area contributed by atoms with E-state index in [4.69, 9.17) is 4.98 Å². The molecule has 0 unspecified atom stereocenters. The first-order valence-corrected chi connectivity index (χ1v) is 11.6. The average molecular weight is 409 g/mol. The molecule has 0 radical (unpaired) electrons. The minimum atomic E-state index is -3.43. The highest BCUT2D eigenvalue weighted by atomic mass is 32.2. The van der Waals surface area contributed by atoms with Gasteiger partial charge < -0.3 is 5.32 Å². The lowest BCUT2D eigenvalue weighted by Crippen LogP contribution is -2.31. The molecule has 0 atom stereocenters. The second kappa shape index (κ2) is 7.95. The second-order valence-electron chi connectivity index (χ2n) is 7.53. The van der Waals surface area contributed by atoms with Crippen molar-refractivity contribution in [3.63, 3.8) is 0 Å². The fourth-order valence-electron chi connectivity index (χ4n) is 3.93. The largest absolute Gasteiger partial charge is 0.351 e. The third-order valence-electron chi connectivity index (χ3n) is 5.40. The fraction of sp³-hybridized carbons (Fsp3) is 0.304. The zero-order chi connectivity index (χ0) is 20.4. The monoisotopic (exact) mass is 408 g/mol. The summed E-state index contributed by atoms with van der Waals surface area (Å²) >= 11 is 0. The lowest BCUT2D eigenvalue weighted by molar-refractivity contribution is 0.0956. The molecular weight excluding hydrogens is 384 g/mol. The summed E-state index contributed by atoms with van der Waals surface area (Å²) in [5, 5.41) is 3.68. The third kappa shape index (κ3) is 4.03. The molecule has 0 bridgehead atoms. The molecule has 0 spiro atoms. The van der Waals surface area contributed by atoms with Gasteiger partial charge in [-0.15, -0.1) is 0 Å². The van der Waals surface area contributed by atoms with E-state index in [0.29, 0.717) is 5.56 Å². The highest BCUT2D eigenvalue weighted by molar-refractivity contribution is 7.91. The molecular formula is C23H24N2O3S. The summed E-state index contributed by atoms with van der Waals surface area (Å²) in [5.74, 6) is -0.350. The van der Waals surface area contributed by atoms with Crippen LogP contribution in [0.2, 0.25) is 0 Å². The Kier molecular flexibility index (Phi) is 5.37. The van der Waals surface area contributed by atoms with Crippen molar-refractivity contribution in [3.05, 3.63) is 70.9 Å².